The van der Waals surface area contributed by atoms with Crippen molar-refractivity contribution >= 4 is 0 Å². The van der Waals surface area contributed by atoms with E-state index in [4.69, 9.17) is 15.2 Å². The van der Waals surface area contributed by atoms with Crippen LogP contribution in [0.25, 0.3) is 0 Å². The molecule has 116 valence electrons. The van der Waals surface area contributed by atoms with Crippen molar-refractivity contribution in [2.24, 2.45) is 23.5 Å². The van der Waals surface area contributed by atoms with E-state index >= 15 is 0 Å². The average molecular weight is 281 g/mol. The Kier molecular flexibility index (Phi) is 4.68. The molecule has 0 bridgehead atoms. The van der Waals surface area contributed by atoms with Crippen LogP contribution in [-0.4, -0.2) is 31.5 Å². The molecule has 3 aliphatic rings. The Labute approximate surface area is 123 Å². The van der Waals surface area contributed by atoms with Gasteiger partial charge in [-0.25, -0.2) is 0 Å². The second-order valence-electron chi connectivity index (χ2n) is 7.37. The molecule has 3 rings (SSSR count). The third kappa shape index (κ3) is 3.05. The lowest BCUT2D eigenvalue weighted by atomic mass is 9.70. The third-order valence-corrected chi connectivity index (χ3v) is 6.09. The predicted octanol–water partition coefficient (Wildman–Crippen LogP) is 3.12. The van der Waals surface area contributed by atoms with E-state index in [1.54, 1.807) is 0 Å². The van der Waals surface area contributed by atoms with Gasteiger partial charge in [0.15, 0.2) is 0 Å². The summed E-state index contributed by atoms with van der Waals surface area (Å²) in [6, 6.07) is 0.380. The smallest absolute Gasteiger partial charge is 0.0939 e. The molecule has 0 aromatic rings. The standard InChI is InChI=1S/C17H31NO2/c1-2-13-4-3-5-14(10-13)16(18)15-6-8-20-17(11-15)7-9-19-12-17/h13-16H,2-12,18H2,1H3. The second kappa shape index (κ2) is 6.33. The second-order valence-corrected chi connectivity index (χ2v) is 7.37. The first kappa shape index (κ1) is 14.8. The predicted molar refractivity (Wildman–Crippen MR) is 80.6 cm³/mol. The fourth-order valence-electron chi connectivity index (χ4n) is 4.70. The van der Waals surface area contributed by atoms with Crippen molar-refractivity contribution in [1.82, 2.24) is 0 Å². The van der Waals surface area contributed by atoms with Crippen molar-refractivity contribution in [2.75, 3.05) is 19.8 Å². The van der Waals surface area contributed by atoms with Crippen molar-refractivity contribution in [3.8, 4) is 0 Å². The summed E-state index contributed by atoms with van der Waals surface area (Å²) in [5.74, 6) is 2.31. The molecule has 1 aliphatic carbocycles. The fourth-order valence-corrected chi connectivity index (χ4v) is 4.70. The van der Waals surface area contributed by atoms with Crippen molar-refractivity contribution < 1.29 is 9.47 Å². The van der Waals surface area contributed by atoms with E-state index in [2.05, 4.69) is 6.92 Å². The van der Waals surface area contributed by atoms with Gasteiger partial charge in [-0.15, -0.1) is 0 Å². The number of hydrogen-bond acceptors (Lipinski definition) is 3. The van der Waals surface area contributed by atoms with Gasteiger partial charge in [-0.1, -0.05) is 26.2 Å². The topological polar surface area (TPSA) is 44.5 Å². The summed E-state index contributed by atoms with van der Waals surface area (Å²) < 4.78 is 11.6. The van der Waals surface area contributed by atoms with Crippen LogP contribution in [0.15, 0.2) is 0 Å². The minimum absolute atomic E-state index is 0.0133. The molecular weight excluding hydrogens is 250 g/mol. The number of rotatable bonds is 3. The van der Waals surface area contributed by atoms with Crippen molar-refractivity contribution in [2.45, 2.75) is 69.9 Å². The summed E-state index contributed by atoms with van der Waals surface area (Å²) in [5.41, 5.74) is 6.71. The van der Waals surface area contributed by atoms with E-state index in [0.717, 1.165) is 50.9 Å². The van der Waals surface area contributed by atoms with Crippen LogP contribution in [0.2, 0.25) is 0 Å². The maximum Gasteiger partial charge on any atom is 0.0939 e. The molecule has 5 unspecified atom stereocenters. The molecule has 20 heavy (non-hydrogen) atoms. The van der Waals surface area contributed by atoms with Crippen LogP contribution < -0.4 is 5.73 Å². The summed E-state index contributed by atoms with van der Waals surface area (Å²) in [7, 11) is 0. The molecule has 3 fully saturated rings. The SMILES string of the molecule is CCC1CCCC(C(N)C2CCOC3(CCOC3)C2)C1. The third-order valence-electron chi connectivity index (χ3n) is 6.09. The Balaban J connectivity index is 1.59. The van der Waals surface area contributed by atoms with Crippen molar-refractivity contribution in [3.63, 3.8) is 0 Å². The minimum Gasteiger partial charge on any atom is -0.378 e. The van der Waals surface area contributed by atoms with Gasteiger partial charge in [0.05, 0.1) is 12.2 Å². The van der Waals surface area contributed by atoms with Gasteiger partial charge in [0, 0.05) is 25.7 Å². The number of ether oxygens (including phenoxy) is 2. The average Bonchev–Trinajstić information content (AvgIpc) is 2.94. The van der Waals surface area contributed by atoms with Gasteiger partial charge in [-0.2, -0.15) is 0 Å². The van der Waals surface area contributed by atoms with Gasteiger partial charge >= 0.3 is 0 Å². The van der Waals surface area contributed by atoms with Gasteiger partial charge in [-0.05, 0) is 43.4 Å². The van der Waals surface area contributed by atoms with E-state index in [1.807, 2.05) is 0 Å². The summed E-state index contributed by atoms with van der Waals surface area (Å²) in [6.45, 7) is 4.87. The Morgan fingerprint density at radius 3 is 2.85 bits per heavy atom. The molecule has 2 saturated heterocycles. The van der Waals surface area contributed by atoms with Gasteiger partial charge in [0.2, 0.25) is 0 Å². The lowest BCUT2D eigenvalue weighted by Crippen LogP contribution is -2.48. The van der Waals surface area contributed by atoms with E-state index in [1.165, 1.54) is 32.1 Å². The molecule has 0 radical (unpaired) electrons. The minimum atomic E-state index is 0.0133. The summed E-state index contributed by atoms with van der Waals surface area (Å²) in [6.07, 6.45) is 10.2. The largest absolute Gasteiger partial charge is 0.378 e. The van der Waals surface area contributed by atoms with Crippen molar-refractivity contribution in [3.05, 3.63) is 0 Å². The first-order valence-corrected chi connectivity index (χ1v) is 8.70. The summed E-state index contributed by atoms with van der Waals surface area (Å²) in [5, 5.41) is 0. The molecule has 2 N–H and O–H groups in total. The zero-order valence-corrected chi connectivity index (χ0v) is 13.0. The molecule has 3 nitrogen and oxygen atoms in total. The zero-order chi connectivity index (χ0) is 14.0. The molecule has 2 aliphatic heterocycles. The van der Waals surface area contributed by atoms with Crippen LogP contribution in [0.1, 0.15) is 58.3 Å². The molecule has 2 heterocycles. The molecule has 0 aromatic carbocycles. The highest BCUT2D eigenvalue weighted by molar-refractivity contribution is 4.95. The van der Waals surface area contributed by atoms with Crippen LogP contribution in [0.4, 0.5) is 0 Å². The van der Waals surface area contributed by atoms with Crippen molar-refractivity contribution in [1.29, 1.82) is 0 Å². The normalized spacial score (nSPS) is 43.8. The van der Waals surface area contributed by atoms with E-state index < -0.39 is 0 Å². The van der Waals surface area contributed by atoms with Crippen LogP contribution in [0.3, 0.4) is 0 Å². The monoisotopic (exact) mass is 281 g/mol. The highest BCUT2D eigenvalue weighted by Gasteiger charge is 2.43. The molecule has 0 amide bonds. The van der Waals surface area contributed by atoms with E-state index in [0.29, 0.717) is 12.0 Å². The molecule has 3 heteroatoms. The highest BCUT2D eigenvalue weighted by atomic mass is 16.6. The number of nitrogens with two attached hydrogens (primary N) is 1. The zero-order valence-electron chi connectivity index (χ0n) is 13.0. The molecular formula is C17H31NO2. The Morgan fingerprint density at radius 1 is 1.20 bits per heavy atom. The number of hydrogen-bond donors (Lipinski definition) is 1. The van der Waals surface area contributed by atoms with Crippen LogP contribution in [0.5, 0.6) is 0 Å². The molecule has 5 atom stereocenters. The quantitative estimate of drug-likeness (QED) is 0.864. The van der Waals surface area contributed by atoms with Gasteiger partial charge in [0.25, 0.3) is 0 Å². The Hall–Kier alpha value is -0.120. The fraction of sp³-hybridized carbons (Fsp3) is 1.00. The maximum atomic E-state index is 6.69. The van der Waals surface area contributed by atoms with Crippen LogP contribution in [0, 0.1) is 17.8 Å². The lowest BCUT2D eigenvalue weighted by Gasteiger charge is -2.43. The lowest BCUT2D eigenvalue weighted by molar-refractivity contribution is -0.104. The van der Waals surface area contributed by atoms with Gasteiger partial charge < -0.3 is 15.2 Å². The maximum absolute atomic E-state index is 6.69. The van der Waals surface area contributed by atoms with Gasteiger partial charge in [-0.3, -0.25) is 0 Å². The molecule has 1 saturated carbocycles. The van der Waals surface area contributed by atoms with E-state index in [9.17, 15) is 0 Å². The van der Waals surface area contributed by atoms with Crippen LogP contribution >= 0.6 is 0 Å². The first-order valence-electron chi connectivity index (χ1n) is 8.70. The summed E-state index contributed by atoms with van der Waals surface area (Å²) in [4.78, 5) is 0. The molecule has 0 aromatic heterocycles. The highest BCUT2D eigenvalue weighted by Crippen LogP contribution is 2.41. The Morgan fingerprint density at radius 2 is 2.10 bits per heavy atom. The van der Waals surface area contributed by atoms with E-state index in [-0.39, 0.29) is 5.60 Å². The first-order chi connectivity index (χ1) is 9.72. The molecule has 1 spiro atoms. The summed E-state index contributed by atoms with van der Waals surface area (Å²) >= 11 is 0. The van der Waals surface area contributed by atoms with Gasteiger partial charge in [0.1, 0.15) is 0 Å². The van der Waals surface area contributed by atoms with Crippen LogP contribution in [-0.2, 0) is 9.47 Å². The Bertz CT molecular complexity index is 314.